The Balaban J connectivity index is 0.00000484. The first-order chi connectivity index (χ1) is 10.8. The molecule has 2 N–H and O–H groups in total. The zero-order valence-electron chi connectivity index (χ0n) is 13.8. The van der Waals surface area contributed by atoms with Gasteiger partial charge in [0, 0.05) is 20.1 Å². The van der Waals surface area contributed by atoms with E-state index in [4.69, 9.17) is 4.74 Å². The summed E-state index contributed by atoms with van der Waals surface area (Å²) in [5.74, 6) is 2.47. The number of nitrogens with one attached hydrogen (secondary N) is 2. The van der Waals surface area contributed by atoms with Crippen LogP contribution in [0.25, 0.3) is 0 Å². The smallest absolute Gasteiger partial charge is 0.190 e. The second kappa shape index (κ2) is 14.9. The van der Waals surface area contributed by atoms with Gasteiger partial charge < -0.3 is 15.4 Å². The molecule has 132 valence electrons. The number of nitrogens with zero attached hydrogens (tertiary/aromatic N) is 1. The molecule has 7 heteroatoms. The van der Waals surface area contributed by atoms with Gasteiger partial charge in [-0.1, -0.05) is 0 Å². The number of ether oxygens (including phenoxy) is 1. The van der Waals surface area contributed by atoms with Crippen LogP contribution in [0.3, 0.4) is 0 Å². The van der Waals surface area contributed by atoms with Gasteiger partial charge in [-0.25, -0.2) is 4.39 Å². The molecule has 0 saturated carbocycles. The fourth-order valence-corrected chi connectivity index (χ4v) is 2.29. The summed E-state index contributed by atoms with van der Waals surface area (Å²) in [7, 11) is 1.77. The normalized spacial score (nSPS) is 10.8. The Labute approximate surface area is 160 Å². The first-order valence-corrected chi connectivity index (χ1v) is 8.97. The number of rotatable bonds is 10. The second-order valence-electron chi connectivity index (χ2n) is 4.78. The first-order valence-electron chi connectivity index (χ1n) is 7.58. The minimum atomic E-state index is -0.249. The molecule has 0 bridgehead atoms. The van der Waals surface area contributed by atoms with E-state index in [-0.39, 0.29) is 29.8 Å². The third-order valence-corrected chi connectivity index (χ3v) is 3.68. The largest absolute Gasteiger partial charge is 0.494 e. The van der Waals surface area contributed by atoms with Crippen molar-refractivity contribution in [3.05, 3.63) is 30.1 Å². The maximum absolute atomic E-state index is 12.7. The maximum atomic E-state index is 12.7. The van der Waals surface area contributed by atoms with Crippen molar-refractivity contribution in [3.63, 3.8) is 0 Å². The molecule has 0 aromatic heterocycles. The number of unbranched alkanes of at least 4 members (excludes halogenated alkanes) is 1. The molecule has 0 saturated heterocycles. The molecular formula is C16H27FIN3OS. The number of aliphatic imine (C=N–C) groups is 1. The second-order valence-corrected chi connectivity index (χ2v) is 5.77. The Morgan fingerprint density at radius 3 is 2.39 bits per heavy atom. The van der Waals surface area contributed by atoms with E-state index in [1.165, 1.54) is 24.3 Å². The monoisotopic (exact) mass is 455 g/mol. The molecule has 0 spiro atoms. The highest BCUT2D eigenvalue weighted by Gasteiger charge is 1.98. The molecule has 0 unspecified atom stereocenters. The molecule has 0 aliphatic heterocycles. The molecule has 0 aliphatic rings. The molecular weight excluding hydrogens is 428 g/mol. The van der Waals surface area contributed by atoms with E-state index in [0.29, 0.717) is 12.4 Å². The van der Waals surface area contributed by atoms with Crippen molar-refractivity contribution in [1.29, 1.82) is 0 Å². The lowest BCUT2D eigenvalue weighted by atomic mass is 10.3. The third kappa shape index (κ3) is 11.5. The van der Waals surface area contributed by atoms with Crippen molar-refractivity contribution in [2.45, 2.75) is 19.3 Å². The van der Waals surface area contributed by atoms with Gasteiger partial charge in [-0.2, -0.15) is 11.8 Å². The fraction of sp³-hybridized carbons (Fsp3) is 0.562. The summed E-state index contributed by atoms with van der Waals surface area (Å²) >= 11 is 1.88. The highest BCUT2D eigenvalue weighted by atomic mass is 127. The molecule has 4 nitrogen and oxygen atoms in total. The molecule has 1 aromatic rings. The number of thioether (sulfide) groups is 1. The molecule has 1 rings (SSSR count). The van der Waals surface area contributed by atoms with E-state index in [1.54, 1.807) is 19.2 Å². The number of hydrogen-bond donors (Lipinski definition) is 2. The summed E-state index contributed by atoms with van der Waals surface area (Å²) in [4.78, 5) is 4.18. The van der Waals surface area contributed by atoms with Crippen LogP contribution in [-0.2, 0) is 0 Å². The van der Waals surface area contributed by atoms with Crippen LogP contribution < -0.4 is 15.4 Å². The van der Waals surface area contributed by atoms with Crippen molar-refractivity contribution in [3.8, 4) is 5.75 Å². The SMILES string of the molecule is CN=C(NCCCCSC)NCCCOc1ccc(F)cc1.I. The average Bonchev–Trinajstić information content (AvgIpc) is 2.54. The topological polar surface area (TPSA) is 45.7 Å². The molecule has 0 radical (unpaired) electrons. The molecule has 23 heavy (non-hydrogen) atoms. The molecule has 0 atom stereocenters. The average molecular weight is 455 g/mol. The van der Waals surface area contributed by atoms with Crippen LogP contribution in [0, 0.1) is 5.82 Å². The van der Waals surface area contributed by atoms with Crippen LogP contribution in [0.1, 0.15) is 19.3 Å². The fourth-order valence-electron chi connectivity index (χ4n) is 1.80. The van der Waals surface area contributed by atoms with E-state index in [1.807, 2.05) is 11.8 Å². The van der Waals surface area contributed by atoms with Crippen LogP contribution in [0.4, 0.5) is 4.39 Å². The summed E-state index contributed by atoms with van der Waals surface area (Å²) in [6, 6.07) is 6.07. The van der Waals surface area contributed by atoms with Crippen molar-refractivity contribution in [1.82, 2.24) is 10.6 Å². The van der Waals surface area contributed by atoms with Crippen LogP contribution in [0.15, 0.2) is 29.3 Å². The summed E-state index contributed by atoms with van der Waals surface area (Å²) in [6.07, 6.45) is 5.35. The quantitative estimate of drug-likeness (QED) is 0.245. The summed E-state index contributed by atoms with van der Waals surface area (Å²) in [5, 5.41) is 6.54. The van der Waals surface area contributed by atoms with Gasteiger partial charge in [0.1, 0.15) is 11.6 Å². The van der Waals surface area contributed by atoms with E-state index in [9.17, 15) is 4.39 Å². The Morgan fingerprint density at radius 2 is 1.78 bits per heavy atom. The highest BCUT2D eigenvalue weighted by molar-refractivity contribution is 14.0. The number of guanidine groups is 1. The van der Waals surface area contributed by atoms with E-state index < -0.39 is 0 Å². The third-order valence-electron chi connectivity index (χ3n) is 2.99. The standard InChI is InChI=1S/C16H26FN3OS.HI/c1-18-16(19-10-3-4-13-22-2)20-11-5-12-21-15-8-6-14(17)7-9-15;/h6-9H,3-5,10-13H2,1-2H3,(H2,18,19,20);1H. The molecule has 0 fully saturated rings. The van der Waals surface area contributed by atoms with Gasteiger partial charge in [-0.15, -0.1) is 24.0 Å². The summed E-state index contributed by atoms with van der Waals surface area (Å²) in [6.45, 7) is 2.31. The Morgan fingerprint density at radius 1 is 1.13 bits per heavy atom. The van der Waals surface area contributed by atoms with Crippen molar-refractivity contribution >= 4 is 41.7 Å². The highest BCUT2D eigenvalue weighted by Crippen LogP contribution is 2.10. The van der Waals surface area contributed by atoms with Gasteiger partial charge in [-0.05, 0) is 55.5 Å². The van der Waals surface area contributed by atoms with Gasteiger partial charge in [-0.3, -0.25) is 4.99 Å². The lowest BCUT2D eigenvalue weighted by Gasteiger charge is -2.12. The minimum Gasteiger partial charge on any atom is -0.494 e. The Kier molecular flexibility index (Phi) is 14.4. The summed E-state index contributed by atoms with van der Waals surface area (Å²) in [5.41, 5.74) is 0. The van der Waals surface area contributed by atoms with Gasteiger partial charge in [0.05, 0.1) is 6.61 Å². The van der Waals surface area contributed by atoms with Crippen LogP contribution in [0.5, 0.6) is 5.75 Å². The van der Waals surface area contributed by atoms with Gasteiger partial charge in [0.2, 0.25) is 0 Å². The van der Waals surface area contributed by atoms with Gasteiger partial charge in [0.15, 0.2) is 5.96 Å². The van der Waals surface area contributed by atoms with Crippen molar-refractivity contribution < 1.29 is 9.13 Å². The van der Waals surface area contributed by atoms with E-state index >= 15 is 0 Å². The predicted octanol–water partition coefficient (Wildman–Crippen LogP) is 3.52. The van der Waals surface area contributed by atoms with Gasteiger partial charge >= 0.3 is 0 Å². The zero-order valence-corrected chi connectivity index (χ0v) is 17.0. The molecule has 0 aliphatic carbocycles. The number of benzene rings is 1. The molecule has 1 aromatic carbocycles. The number of halogens is 2. The van der Waals surface area contributed by atoms with Crippen LogP contribution in [0.2, 0.25) is 0 Å². The molecule has 0 amide bonds. The zero-order chi connectivity index (χ0) is 16.0. The van der Waals surface area contributed by atoms with E-state index in [2.05, 4.69) is 21.9 Å². The number of hydrogen-bond acceptors (Lipinski definition) is 3. The minimum absolute atomic E-state index is 0. The van der Waals surface area contributed by atoms with Crippen LogP contribution >= 0.6 is 35.7 Å². The van der Waals surface area contributed by atoms with Crippen molar-refractivity contribution in [2.75, 3.05) is 38.8 Å². The lowest BCUT2D eigenvalue weighted by molar-refractivity contribution is 0.310. The Hall–Kier alpha value is -0.700. The van der Waals surface area contributed by atoms with E-state index in [0.717, 1.165) is 31.9 Å². The predicted molar refractivity (Wildman–Crippen MR) is 109 cm³/mol. The van der Waals surface area contributed by atoms with Crippen molar-refractivity contribution in [2.24, 2.45) is 4.99 Å². The van der Waals surface area contributed by atoms with Crippen LogP contribution in [-0.4, -0.2) is 44.7 Å². The van der Waals surface area contributed by atoms with Gasteiger partial charge in [0.25, 0.3) is 0 Å². The lowest BCUT2D eigenvalue weighted by Crippen LogP contribution is -2.38. The first kappa shape index (κ1) is 22.3. The summed E-state index contributed by atoms with van der Waals surface area (Å²) < 4.78 is 18.3. The maximum Gasteiger partial charge on any atom is 0.190 e. The molecule has 0 heterocycles. The Bertz CT molecular complexity index is 432.